The van der Waals surface area contributed by atoms with Crippen LogP contribution in [-0.2, 0) is 4.79 Å². The van der Waals surface area contributed by atoms with Gasteiger partial charge in [-0.2, -0.15) is 19.1 Å². The lowest BCUT2D eigenvalue weighted by Crippen LogP contribution is -2.47. The van der Waals surface area contributed by atoms with Crippen LogP contribution < -0.4 is 15.4 Å². The van der Waals surface area contributed by atoms with E-state index in [9.17, 15) is 18.8 Å². The maximum atomic E-state index is 12.7. The van der Waals surface area contributed by atoms with Gasteiger partial charge in [-0.3, -0.25) is 9.69 Å². The molecule has 1 aliphatic rings. The molecule has 0 radical (unpaired) electrons. The Morgan fingerprint density at radius 3 is 2.83 bits per heavy atom. The molecule has 2 N–H and O–H groups in total. The maximum Gasteiger partial charge on any atom is 0.387 e. The van der Waals surface area contributed by atoms with Crippen LogP contribution in [0.4, 0.5) is 14.5 Å². The molecule has 36 heavy (non-hydrogen) atoms. The number of amides is 1. The summed E-state index contributed by atoms with van der Waals surface area (Å²) in [4.78, 5) is 18.4. The number of nitriles is 1. The summed E-state index contributed by atoms with van der Waals surface area (Å²) >= 11 is 6.19. The topological polar surface area (TPSA) is 105 Å². The molecule has 1 aliphatic heterocycles. The first-order chi connectivity index (χ1) is 17.2. The summed E-state index contributed by atoms with van der Waals surface area (Å²) in [5, 5.41) is 21.9. The number of guanidine groups is 1. The Bertz CT molecular complexity index is 1200. The van der Waals surface area contributed by atoms with Gasteiger partial charge >= 0.3 is 6.61 Å². The largest absolute Gasteiger partial charge is 0.435 e. The van der Waals surface area contributed by atoms with Gasteiger partial charge in [-0.15, -0.1) is 4.99 Å². The summed E-state index contributed by atoms with van der Waals surface area (Å²) < 4.78 is 29.7. The fourth-order valence-corrected chi connectivity index (χ4v) is 3.60. The van der Waals surface area contributed by atoms with Crippen molar-refractivity contribution in [2.45, 2.75) is 26.5 Å². The van der Waals surface area contributed by atoms with Gasteiger partial charge in [0.15, 0.2) is 0 Å². The SMILES string of the molecule is CCN(C)CC(=O)NC1CN(C(=NC#N)Nc2cccc(OC(F)F)c2)N=C1c1ccc(Cl)c(C)c1. The summed E-state index contributed by atoms with van der Waals surface area (Å²) in [7, 11) is 1.84. The van der Waals surface area contributed by atoms with E-state index >= 15 is 0 Å². The number of alkyl halides is 2. The van der Waals surface area contributed by atoms with Crippen molar-refractivity contribution in [3.05, 3.63) is 58.6 Å². The van der Waals surface area contributed by atoms with Gasteiger partial charge in [0.2, 0.25) is 18.1 Å². The Morgan fingerprint density at radius 2 is 2.17 bits per heavy atom. The minimum absolute atomic E-state index is 0.0531. The molecule has 3 rings (SSSR count). The number of benzene rings is 2. The average Bonchev–Trinajstić information content (AvgIpc) is 3.23. The Kier molecular flexibility index (Phi) is 9.16. The second-order valence-corrected chi connectivity index (χ2v) is 8.46. The number of aryl methyl sites for hydroxylation is 1. The van der Waals surface area contributed by atoms with E-state index in [4.69, 9.17) is 11.6 Å². The van der Waals surface area contributed by atoms with E-state index < -0.39 is 12.7 Å². The lowest BCUT2D eigenvalue weighted by atomic mass is 10.0. The zero-order chi connectivity index (χ0) is 26.2. The molecule has 0 fully saturated rings. The molecule has 9 nitrogen and oxygen atoms in total. The van der Waals surface area contributed by atoms with E-state index in [1.165, 1.54) is 23.2 Å². The molecule has 0 aliphatic carbocycles. The molecule has 190 valence electrons. The molecule has 0 spiro atoms. The molecule has 0 saturated carbocycles. The monoisotopic (exact) mass is 517 g/mol. The zero-order valence-corrected chi connectivity index (χ0v) is 20.8. The Hall–Kier alpha value is -3.75. The van der Waals surface area contributed by atoms with E-state index in [0.29, 0.717) is 23.0 Å². The molecule has 1 heterocycles. The third-order valence-corrected chi connectivity index (χ3v) is 5.80. The first kappa shape index (κ1) is 26.8. The van der Waals surface area contributed by atoms with Gasteiger partial charge in [0, 0.05) is 22.3 Å². The molecular formula is C24H26ClF2N7O2. The van der Waals surface area contributed by atoms with Crippen LogP contribution in [0.25, 0.3) is 0 Å². The molecule has 12 heteroatoms. The molecule has 0 saturated heterocycles. The highest BCUT2D eigenvalue weighted by molar-refractivity contribution is 6.31. The summed E-state index contributed by atoms with van der Waals surface area (Å²) in [5.74, 6) is -0.191. The van der Waals surface area contributed by atoms with Crippen LogP contribution in [0.15, 0.2) is 52.6 Å². The van der Waals surface area contributed by atoms with E-state index in [2.05, 4.69) is 25.5 Å². The van der Waals surface area contributed by atoms with Gasteiger partial charge < -0.3 is 15.4 Å². The smallest absolute Gasteiger partial charge is 0.387 e. The number of carbonyl (C=O) groups is 1. The predicted molar refractivity (Wildman–Crippen MR) is 134 cm³/mol. The number of nitrogens with zero attached hydrogens (tertiary/aromatic N) is 5. The molecule has 1 unspecified atom stereocenters. The maximum absolute atomic E-state index is 12.7. The van der Waals surface area contributed by atoms with Crippen LogP contribution in [-0.4, -0.2) is 66.8 Å². The van der Waals surface area contributed by atoms with E-state index in [0.717, 1.165) is 11.1 Å². The van der Waals surface area contributed by atoms with Crippen LogP contribution in [0, 0.1) is 18.4 Å². The highest BCUT2D eigenvalue weighted by Crippen LogP contribution is 2.23. The van der Waals surface area contributed by atoms with E-state index in [1.807, 2.05) is 31.9 Å². The van der Waals surface area contributed by atoms with Crippen molar-refractivity contribution in [3.63, 3.8) is 0 Å². The van der Waals surface area contributed by atoms with Crippen molar-refractivity contribution in [2.75, 3.05) is 32.0 Å². The number of hydrogen-bond donors (Lipinski definition) is 2. The number of aliphatic imine (C=N–C) groups is 1. The normalized spacial score (nSPS) is 15.6. The fourth-order valence-electron chi connectivity index (χ4n) is 3.48. The van der Waals surface area contributed by atoms with Crippen LogP contribution in [0.2, 0.25) is 5.02 Å². The number of nitrogens with one attached hydrogen (secondary N) is 2. The van der Waals surface area contributed by atoms with Crippen molar-refractivity contribution >= 4 is 34.9 Å². The third kappa shape index (κ3) is 7.13. The van der Waals surface area contributed by atoms with Gasteiger partial charge in [0.25, 0.3) is 0 Å². The molecule has 2 aromatic carbocycles. The highest BCUT2D eigenvalue weighted by Gasteiger charge is 2.32. The molecule has 0 bridgehead atoms. The van der Waals surface area contributed by atoms with Gasteiger partial charge in [0.1, 0.15) is 5.75 Å². The molecule has 2 aromatic rings. The molecule has 1 atom stereocenters. The number of likely N-dealkylation sites (N-methyl/N-ethyl adjacent to an activating group) is 1. The number of anilines is 1. The number of hydrazone groups is 1. The van der Waals surface area contributed by atoms with Crippen molar-refractivity contribution in [2.24, 2.45) is 10.1 Å². The minimum Gasteiger partial charge on any atom is -0.435 e. The summed E-state index contributed by atoms with van der Waals surface area (Å²) in [6.07, 6.45) is 1.72. The Morgan fingerprint density at radius 1 is 1.39 bits per heavy atom. The molecule has 0 aromatic heterocycles. The van der Waals surface area contributed by atoms with E-state index in [-0.39, 0.29) is 30.7 Å². The summed E-state index contributed by atoms with van der Waals surface area (Å²) in [6.45, 7) is 1.93. The van der Waals surface area contributed by atoms with Gasteiger partial charge in [-0.1, -0.05) is 30.7 Å². The number of carbonyl (C=O) groups excluding carboxylic acids is 1. The van der Waals surface area contributed by atoms with Gasteiger partial charge in [0.05, 0.1) is 24.8 Å². The lowest BCUT2D eigenvalue weighted by Gasteiger charge is -2.20. The van der Waals surface area contributed by atoms with Crippen molar-refractivity contribution < 1.29 is 18.3 Å². The number of ether oxygens (including phenoxy) is 1. The first-order valence-electron chi connectivity index (χ1n) is 11.1. The molecular weight excluding hydrogens is 492 g/mol. The van der Waals surface area contributed by atoms with Crippen molar-refractivity contribution in [1.29, 1.82) is 5.26 Å². The average molecular weight is 518 g/mol. The fraction of sp³-hybridized carbons (Fsp3) is 0.333. The van der Waals surface area contributed by atoms with E-state index in [1.54, 1.807) is 24.4 Å². The first-order valence-corrected chi connectivity index (χ1v) is 11.5. The quantitative estimate of drug-likeness (QED) is 0.314. The standard InChI is InChI=1S/C24H26ClF2N7O2/c1-4-33(3)13-21(35)31-20-12-34(32-22(20)16-8-9-19(25)15(2)10-16)24(29-14-28)30-17-6-5-7-18(11-17)36-23(26)27/h5-11,20,23H,4,12-13H2,1-3H3,(H,29,30)(H,31,35). The number of rotatable bonds is 8. The van der Waals surface area contributed by atoms with Crippen LogP contribution in [0.1, 0.15) is 18.1 Å². The third-order valence-electron chi connectivity index (χ3n) is 5.37. The van der Waals surface area contributed by atoms with Crippen LogP contribution >= 0.6 is 11.6 Å². The lowest BCUT2D eigenvalue weighted by molar-refractivity contribution is -0.122. The van der Waals surface area contributed by atoms with Crippen LogP contribution in [0.3, 0.4) is 0 Å². The summed E-state index contributed by atoms with van der Waals surface area (Å²) in [5.41, 5.74) is 2.51. The minimum atomic E-state index is -2.97. The molecule has 1 amide bonds. The highest BCUT2D eigenvalue weighted by atomic mass is 35.5. The predicted octanol–water partition coefficient (Wildman–Crippen LogP) is 3.66. The Balaban J connectivity index is 1.90. The van der Waals surface area contributed by atoms with Crippen molar-refractivity contribution in [1.82, 2.24) is 15.2 Å². The zero-order valence-electron chi connectivity index (χ0n) is 20.0. The second-order valence-electron chi connectivity index (χ2n) is 8.05. The Labute approximate surface area is 213 Å². The van der Waals surface area contributed by atoms with Crippen molar-refractivity contribution in [3.8, 4) is 11.9 Å². The van der Waals surface area contributed by atoms with Crippen LogP contribution in [0.5, 0.6) is 5.75 Å². The number of hydrogen-bond acceptors (Lipinski definition) is 6. The second kappa shape index (κ2) is 12.3. The number of halogens is 3. The van der Waals surface area contributed by atoms with Gasteiger partial charge in [-0.25, -0.2) is 5.01 Å². The van der Waals surface area contributed by atoms with Gasteiger partial charge in [-0.05, 0) is 50.3 Å². The summed E-state index contributed by atoms with van der Waals surface area (Å²) in [6, 6.07) is 10.8.